The van der Waals surface area contributed by atoms with Gasteiger partial charge in [0.15, 0.2) is 11.6 Å². The molecule has 0 heterocycles. The van der Waals surface area contributed by atoms with E-state index in [0.717, 1.165) is 11.1 Å². The highest BCUT2D eigenvalue weighted by Crippen LogP contribution is 2.11. The number of rotatable bonds is 4. The summed E-state index contributed by atoms with van der Waals surface area (Å²) in [5.41, 5.74) is 1.81. The van der Waals surface area contributed by atoms with Crippen LogP contribution in [-0.4, -0.2) is 21.8 Å². The lowest BCUT2D eigenvalue weighted by Gasteiger charge is -1.92. The summed E-state index contributed by atoms with van der Waals surface area (Å²) in [6, 6.07) is 13.3. The molecule has 24 heavy (non-hydrogen) atoms. The Kier molecular flexibility index (Phi) is 7.71. The highest BCUT2D eigenvalue weighted by atomic mass is 16.3. The monoisotopic (exact) mass is 324 g/mol. The number of hydrogen-bond acceptors (Lipinski definition) is 4. The maximum absolute atomic E-state index is 10.5. The Hall–Kier alpha value is -3.14. The summed E-state index contributed by atoms with van der Waals surface area (Å²) in [7, 11) is 0. The molecule has 4 nitrogen and oxygen atoms in total. The van der Waals surface area contributed by atoms with Crippen LogP contribution in [-0.2, 0) is 9.59 Å². The summed E-state index contributed by atoms with van der Waals surface area (Å²) in [6.45, 7) is 2.99. The van der Waals surface area contributed by atoms with Crippen LogP contribution in [0.25, 0.3) is 12.2 Å². The summed E-state index contributed by atoms with van der Waals surface area (Å²) in [6.07, 6.45) is 6.41. The first-order chi connectivity index (χ1) is 11.4. The van der Waals surface area contributed by atoms with Gasteiger partial charge >= 0.3 is 0 Å². The predicted molar refractivity (Wildman–Crippen MR) is 95.6 cm³/mol. The zero-order valence-electron chi connectivity index (χ0n) is 13.6. The van der Waals surface area contributed by atoms with Crippen molar-refractivity contribution >= 4 is 23.7 Å². The van der Waals surface area contributed by atoms with Gasteiger partial charge in [0, 0.05) is 0 Å². The lowest BCUT2D eigenvalue weighted by Crippen LogP contribution is -1.79. The van der Waals surface area contributed by atoms with Crippen LogP contribution in [0.4, 0.5) is 0 Å². The third-order valence-electron chi connectivity index (χ3n) is 2.81. The van der Waals surface area contributed by atoms with E-state index >= 15 is 0 Å². The largest absolute Gasteiger partial charge is 0.508 e. The van der Waals surface area contributed by atoms with Gasteiger partial charge in [-0.15, -0.1) is 0 Å². The van der Waals surface area contributed by atoms with Crippen molar-refractivity contribution in [3.63, 3.8) is 0 Å². The van der Waals surface area contributed by atoms with E-state index < -0.39 is 0 Å². The van der Waals surface area contributed by atoms with Crippen LogP contribution in [0.3, 0.4) is 0 Å². The Balaban J connectivity index is 0.000000240. The fourth-order valence-corrected chi connectivity index (χ4v) is 1.60. The molecule has 0 fully saturated rings. The molecule has 4 heteroatoms. The van der Waals surface area contributed by atoms with Crippen LogP contribution in [0.1, 0.15) is 25.0 Å². The Morgan fingerprint density at radius 2 is 0.958 bits per heavy atom. The van der Waals surface area contributed by atoms with E-state index in [4.69, 9.17) is 10.2 Å². The Labute approximate surface area is 141 Å². The second-order valence-electron chi connectivity index (χ2n) is 5.07. The van der Waals surface area contributed by atoms with E-state index in [1.54, 1.807) is 60.7 Å². The Morgan fingerprint density at radius 3 is 1.21 bits per heavy atom. The molecule has 0 bridgehead atoms. The molecule has 0 aliphatic heterocycles. The van der Waals surface area contributed by atoms with Gasteiger partial charge in [-0.1, -0.05) is 36.4 Å². The molecule has 2 rings (SSSR count). The van der Waals surface area contributed by atoms with Crippen LogP contribution >= 0.6 is 0 Å². The number of allylic oxidation sites excluding steroid dienone is 2. The van der Waals surface area contributed by atoms with Gasteiger partial charge in [-0.25, -0.2) is 0 Å². The molecule has 2 N–H and O–H groups in total. The van der Waals surface area contributed by atoms with Crippen molar-refractivity contribution in [2.45, 2.75) is 13.8 Å². The topological polar surface area (TPSA) is 74.6 Å². The molecule has 0 atom stereocenters. The number of ketones is 2. The zero-order chi connectivity index (χ0) is 17.9. The van der Waals surface area contributed by atoms with Crippen LogP contribution in [0.15, 0.2) is 60.7 Å². The van der Waals surface area contributed by atoms with E-state index in [9.17, 15) is 9.59 Å². The third kappa shape index (κ3) is 8.34. The average molecular weight is 324 g/mol. The van der Waals surface area contributed by atoms with Crippen molar-refractivity contribution in [3.8, 4) is 11.5 Å². The summed E-state index contributed by atoms with van der Waals surface area (Å²) in [4.78, 5) is 21.1. The van der Waals surface area contributed by atoms with Gasteiger partial charge in [0.05, 0.1) is 0 Å². The van der Waals surface area contributed by atoms with Gasteiger partial charge < -0.3 is 10.2 Å². The lowest BCUT2D eigenvalue weighted by molar-refractivity contribution is -0.113. The highest BCUT2D eigenvalue weighted by molar-refractivity contribution is 5.91. The number of carbonyl (C=O) groups is 2. The quantitative estimate of drug-likeness (QED) is 0.834. The molecule has 0 aliphatic rings. The van der Waals surface area contributed by atoms with E-state index in [0.29, 0.717) is 0 Å². The second-order valence-corrected chi connectivity index (χ2v) is 5.07. The number of benzene rings is 2. The predicted octanol–water partition coefficient (Wildman–Crippen LogP) is 3.99. The Bertz CT molecular complexity index is 658. The van der Waals surface area contributed by atoms with Gasteiger partial charge in [-0.3, -0.25) is 9.59 Å². The van der Waals surface area contributed by atoms with E-state index in [2.05, 4.69) is 0 Å². The van der Waals surface area contributed by atoms with E-state index in [-0.39, 0.29) is 23.1 Å². The zero-order valence-corrected chi connectivity index (χ0v) is 13.6. The smallest absolute Gasteiger partial charge is 0.152 e. The SMILES string of the molecule is CC(=O)/C=C/c1ccc(O)cc1.CC(=O)/C=C/c1ccc(O)cc1. The first-order valence-corrected chi connectivity index (χ1v) is 7.32. The van der Waals surface area contributed by atoms with Gasteiger partial charge in [-0.2, -0.15) is 0 Å². The number of carbonyl (C=O) groups excluding carboxylic acids is 2. The second kappa shape index (κ2) is 9.79. The van der Waals surface area contributed by atoms with E-state index in [1.807, 2.05) is 0 Å². The summed E-state index contributed by atoms with van der Waals surface area (Å²) in [5.74, 6) is 0.496. The summed E-state index contributed by atoms with van der Waals surface area (Å²) in [5, 5.41) is 17.9. The average Bonchev–Trinajstić information content (AvgIpc) is 2.54. The van der Waals surface area contributed by atoms with Crippen LogP contribution in [0, 0.1) is 0 Å². The summed E-state index contributed by atoms with van der Waals surface area (Å²) < 4.78 is 0. The molecule has 0 amide bonds. The van der Waals surface area contributed by atoms with Crippen LogP contribution in [0.5, 0.6) is 11.5 Å². The van der Waals surface area contributed by atoms with Crippen molar-refractivity contribution in [1.82, 2.24) is 0 Å². The minimum Gasteiger partial charge on any atom is -0.508 e. The number of phenols is 2. The number of phenolic OH excluding ortho intramolecular Hbond substituents is 2. The van der Waals surface area contributed by atoms with Crippen molar-refractivity contribution in [2.75, 3.05) is 0 Å². The molecule has 0 radical (unpaired) electrons. The fraction of sp³-hybridized carbons (Fsp3) is 0.100. The van der Waals surface area contributed by atoms with Crippen molar-refractivity contribution in [1.29, 1.82) is 0 Å². The van der Waals surface area contributed by atoms with Crippen molar-refractivity contribution in [2.24, 2.45) is 0 Å². The first-order valence-electron chi connectivity index (χ1n) is 7.32. The summed E-state index contributed by atoms with van der Waals surface area (Å²) >= 11 is 0. The van der Waals surface area contributed by atoms with Crippen molar-refractivity contribution in [3.05, 3.63) is 71.8 Å². The molecule has 0 saturated carbocycles. The van der Waals surface area contributed by atoms with Gasteiger partial charge in [0.1, 0.15) is 11.5 Å². The molecule has 0 spiro atoms. The number of hydrogen-bond donors (Lipinski definition) is 2. The van der Waals surface area contributed by atoms with Gasteiger partial charge in [0.25, 0.3) is 0 Å². The van der Waals surface area contributed by atoms with Crippen LogP contribution < -0.4 is 0 Å². The molecule has 0 saturated heterocycles. The maximum atomic E-state index is 10.5. The van der Waals surface area contributed by atoms with Crippen molar-refractivity contribution < 1.29 is 19.8 Å². The molecule has 124 valence electrons. The lowest BCUT2D eigenvalue weighted by atomic mass is 10.2. The Morgan fingerprint density at radius 1 is 0.667 bits per heavy atom. The van der Waals surface area contributed by atoms with Gasteiger partial charge in [0.2, 0.25) is 0 Å². The normalized spacial score (nSPS) is 10.4. The van der Waals surface area contributed by atoms with Crippen LogP contribution in [0.2, 0.25) is 0 Å². The molecule has 0 aromatic heterocycles. The fourth-order valence-electron chi connectivity index (χ4n) is 1.60. The van der Waals surface area contributed by atoms with E-state index in [1.165, 1.54) is 26.0 Å². The number of aromatic hydroxyl groups is 2. The molecule has 2 aromatic rings. The molecule has 2 aromatic carbocycles. The molecule has 0 unspecified atom stereocenters. The highest BCUT2D eigenvalue weighted by Gasteiger charge is 1.89. The standard InChI is InChI=1S/2C10H10O2/c2*1-8(11)2-3-9-4-6-10(12)7-5-9/h2*2-7,12H,1H3/b2*3-2+. The minimum absolute atomic E-state index is 0.0167. The minimum atomic E-state index is 0.0167. The molecular weight excluding hydrogens is 304 g/mol. The molecule has 0 aliphatic carbocycles. The maximum Gasteiger partial charge on any atom is 0.152 e. The first kappa shape index (κ1) is 18.9. The third-order valence-corrected chi connectivity index (χ3v) is 2.81. The van der Waals surface area contributed by atoms with Gasteiger partial charge in [-0.05, 0) is 61.4 Å². The molecular formula is C20H20O4.